The lowest BCUT2D eigenvalue weighted by atomic mass is 10.0. The number of rotatable bonds is 7. The molecule has 22 heavy (non-hydrogen) atoms. The molecule has 0 heterocycles. The lowest BCUT2D eigenvalue weighted by Gasteiger charge is -2.19. The second-order valence-electron chi connectivity index (χ2n) is 5.64. The Morgan fingerprint density at radius 3 is 2.64 bits per heavy atom. The fraction of sp³-hybridized carbons (Fsp3) is 0.533. The van der Waals surface area contributed by atoms with Gasteiger partial charge in [-0.3, -0.25) is 4.79 Å². The number of hydrogen-bond acceptors (Lipinski definition) is 3. The lowest BCUT2D eigenvalue weighted by molar-refractivity contribution is -0.119. The maximum Gasteiger partial charge on any atom is 0.235 e. The molecular weight excluding hydrogens is 312 g/mol. The van der Waals surface area contributed by atoms with Crippen LogP contribution in [0, 0.1) is 17.6 Å². The highest BCUT2D eigenvalue weighted by atomic mass is 32.2. The predicted molar refractivity (Wildman–Crippen MR) is 78.9 cm³/mol. The van der Waals surface area contributed by atoms with Gasteiger partial charge in [-0.1, -0.05) is 6.92 Å². The maximum absolute atomic E-state index is 13.9. The average Bonchev–Trinajstić information content (AvgIpc) is 3.22. The van der Waals surface area contributed by atoms with Crippen LogP contribution in [0.4, 0.5) is 8.78 Å². The summed E-state index contributed by atoms with van der Waals surface area (Å²) in [5, 5.41) is 2.55. The predicted octanol–water partition coefficient (Wildman–Crippen LogP) is 2.36. The third-order valence-corrected chi connectivity index (χ3v) is 5.30. The Balaban J connectivity index is 2.13. The third-order valence-electron chi connectivity index (χ3n) is 3.57. The van der Waals surface area contributed by atoms with E-state index in [1.54, 1.807) is 6.92 Å². The number of hydrogen-bond donors (Lipinski definition) is 1. The molecule has 1 atom stereocenters. The van der Waals surface area contributed by atoms with Crippen molar-refractivity contribution in [1.29, 1.82) is 0 Å². The standard InChI is InChI=1S/C15H19F2NO3S/c1-2-7-22(20,21)9-14(19)18-15(10-3-4-10)12-8-11(16)5-6-13(12)17/h5-6,8,10,15H,2-4,7,9H2,1H3,(H,18,19)/t15-/m1/s1. The van der Waals surface area contributed by atoms with E-state index in [-0.39, 0.29) is 17.2 Å². The molecule has 0 radical (unpaired) electrons. The molecule has 0 unspecified atom stereocenters. The van der Waals surface area contributed by atoms with Crippen molar-refractivity contribution in [3.8, 4) is 0 Å². The third kappa shape index (κ3) is 4.50. The first-order chi connectivity index (χ1) is 10.3. The van der Waals surface area contributed by atoms with Crippen LogP contribution >= 0.6 is 0 Å². The van der Waals surface area contributed by atoms with Crippen molar-refractivity contribution in [1.82, 2.24) is 5.32 Å². The van der Waals surface area contributed by atoms with Crippen LogP contribution in [0.3, 0.4) is 0 Å². The summed E-state index contributed by atoms with van der Waals surface area (Å²) >= 11 is 0. The number of halogens is 2. The van der Waals surface area contributed by atoms with Gasteiger partial charge >= 0.3 is 0 Å². The highest BCUT2D eigenvalue weighted by molar-refractivity contribution is 7.92. The van der Waals surface area contributed by atoms with E-state index < -0.39 is 39.2 Å². The highest BCUT2D eigenvalue weighted by Crippen LogP contribution is 2.41. The van der Waals surface area contributed by atoms with Crippen molar-refractivity contribution < 1.29 is 22.0 Å². The summed E-state index contributed by atoms with van der Waals surface area (Å²) in [6.45, 7) is 1.71. The second kappa shape index (κ2) is 6.73. The fourth-order valence-electron chi connectivity index (χ4n) is 2.43. The first-order valence-electron chi connectivity index (χ1n) is 7.27. The summed E-state index contributed by atoms with van der Waals surface area (Å²) in [4.78, 5) is 11.9. The smallest absolute Gasteiger partial charge is 0.235 e. The topological polar surface area (TPSA) is 63.2 Å². The van der Waals surface area contributed by atoms with Crippen LogP contribution in [-0.4, -0.2) is 25.8 Å². The van der Waals surface area contributed by atoms with E-state index in [9.17, 15) is 22.0 Å². The average molecular weight is 331 g/mol. The van der Waals surface area contributed by atoms with Crippen LogP contribution in [0.25, 0.3) is 0 Å². The number of nitrogens with one attached hydrogen (secondary N) is 1. The van der Waals surface area contributed by atoms with Crippen molar-refractivity contribution in [3.05, 3.63) is 35.4 Å². The molecule has 1 aliphatic rings. The van der Waals surface area contributed by atoms with Gasteiger partial charge in [-0.25, -0.2) is 17.2 Å². The summed E-state index contributed by atoms with van der Waals surface area (Å²) in [5.74, 6) is -2.53. The van der Waals surface area contributed by atoms with Gasteiger partial charge in [0.05, 0.1) is 11.8 Å². The van der Waals surface area contributed by atoms with Crippen molar-refractivity contribution in [3.63, 3.8) is 0 Å². The Labute approximate surface area is 128 Å². The van der Waals surface area contributed by atoms with Gasteiger partial charge in [0.15, 0.2) is 9.84 Å². The molecule has 1 aliphatic carbocycles. The molecule has 1 aromatic carbocycles. The monoisotopic (exact) mass is 331 g/mol. The maximum atomic E-state index is 13.9. The molecule has 7 heteroatoms. The summed E-state index contributed by atoms with van der Waals surface area (Å²) in [6, 6.07) is 2.40. The number of carbonyl (C=O) groups excluding carboxylic acids is 1. The number of sulfone groups is 1. The van der Waals surface area contributed by atoms with Gasteiger partial charge in [-0.15, -0.1) is 0 Å². The summed E-state index contributed by atoms with van der Waals surface area (Å²) < 4.78 is 50.5. The molecule has 1 N–H and O–H groups in total. The van der Waals surface area contributed by atoms with E-state index in [1.165, 1.54) is 0 Å². The van der Waals surface area contributed by atoms with Crippen LogP contribution in [0.2, 0.25) is 0 Å². The molecule has 2 rings (SSSR count). The minimum absolute atomic E-state index is 0.0223. The van der Waals surface area contributed by atoms with Gasteiger partial charge in [0, 0.05) is 5.56 Å². The summed E-state index contributed by atoms with van der Waals surface area (Å²) in [5.41, 5.74) is 0.0729. The molecule has 1 saturated carbocycles. The molecule has 1 amide bonds. The van der Waals surface area contributed by atoms with Crippen molar-refractivity contribution in [2.24, 2.45) is 5.92 Å². The van der Waals surface area contributed by atoms with Gasteiger partial charge in [-0.05, 0) is 43.4 Å². The molecule has 0 aliphatic heterocycles. The zero-order valence-corrected chi connectivity index (χ0v) is 13.1. The van der Waals surface area contributed by atoms with E-state index in [0.29, 0.717) is 6.42 Å². The Morgan fingerprint density at radius 2 is 2.05 bits per heavy atom. The Kier molecular flexibility index (Phi) is 5.16. The van der Waals surface area contributed by atoms with E-state index in [4.69, 9.17) is 0 Å². The first-order valence-corrected chi connectivity index (χ1v) is 9.09. The minimum Gasteiger partial charge on any atom is -0.348 e. The quantitative estimate of drug-likeness (QED) is 0.834. The number of carbonyl (C=O) groups is 1. The molecule has 0 aromatic heterocycles. The zero-order valence-electron chi connectivity index (χ0n) is 12.3. The molecule has 0 saturated heterocycles. The van der Waals surface area contributed by atoms with Gasteiger partial charge in [0.1, 0.15) is 17.4 Å². The molecule has 0 spiro atoms. The summed E-state index contributed by atoms with van der Waals surface area (Å²) in [6.07, 6.45) is 2.02. The molecule has 4 nitrogen and oxygen atoms in total. The zero-order chi connectivity index (χ0) is 16.3. The highest BCUT2D eigenvalue weighted by Gasteiger charge is 2.35. The molecule has 122 valence electrons. The normalized spacial score (nSPS) is 16.3. The largest absolute Gasteiger partial charge is 0.348 e. The van der Waals surface area contributed by atoms with E-state index in [0.717, 1.165) is 31.0 Å². The molecular formula is C15H19F2NO3S. The molecule has 0 bridgehead atoms. The Morgan fingerprint density at radius 1 is 1.36 bits per heavy atom. The second-order valence-corrected chi connectivity index (χ2v) is 7.82. The number of amides is 1. The van der Waals surface area contributed by atoms with E-state index in [2.05, 4.69) is 5.32 Å². The molecule has 1 fully saturated rings. The van der Waals surface area contributed by atoms with E-state index in [1.807, 2.05) is 0 Å². The Bertz CT molecular complexity index is 657. The van der Waals surface area contributed by atoms with Crippen molar-refractivity contribution >= 4 is 15.7 Å². The lowest BCUT2D eigenvalue weighted by Crippen LogP contribution is -2.35. The minimum atomic E-state index is -3.46. The van der Waals surface area contributed by atoms with Crippen molar-refractivity contribution in [2.75, 3.05) is 11.5 Å². The van der Waals surface area contributed by atoms with Crippen LogP contribution in [0.5, 0.6) is 0 Å². The van der Waals surface area contributed by atoms with Gasteiger partial charge in [0.2, 0.25) is 5.91 Å². The van der Waals surface area contributed by atoms with Crippen LogP contribution in [0.15, 0.2) is 18.2 Å². The van der Waals surface area contributed by atoms with Crippen LogP contribution in [-0.2, 0) is 14.6 Å². The van der Waals surface area contributed by atoms with Crippen LogP contribution in [0.1, 0.15) is 37.8 Å². The fourth-order valence-corrected chi connectivity index (χ4v) is 3.68. The van der Waals surface area contributed by atoms with Crippen LogP contribution < -0.4 is 5.32 Å². The first kappa shape index (κ1) is 16.9. The number of benzene rings is 1. The Hall–Kier alpha value is -1.50. The van der Waals surface area contributed by atoms with Gasteiger partial charge in [0.25, 0.3) is 0 Å². The van der Waals surface area contributed by atoms with Crippen molar-refractivity contribution in [2.45, 2.75) is 32.2 Å². The van der Waals surface area contributed by atoms with Gasteiger partial charge < -0.3 is 5.32 Å². The van der Waals surface area contributed by atoms with Gasteiger partial charge in [-0.2, -0.15) is 0 Å². The van der Waals surface area contributed by atoms with E-state index >= 15 is 0 Å². The summed E-state index contributed by atoms with van der Waals surface area (Å²) in [7, 11) is -3.46. The molecule has 1 aromatic rings. The SMILES string of the molecule is CCCS(=O)(=O)CC(=O)N[C@@H](c1cc(F)ccc1F)C1CC1.